The molecule has 0 aliphatic carbocycles. The number of ether oxygens (including phenoxy) is 1. The van der Waals surface area contributed by atoms with Crippen molar-refractivity contribution in [2.45, 2.75) is 13.0 Å². The summed E-state index contributed by atoms with van der Waals surface area (Å²) in [6, 6.07) is 4.23. The summed E-state index contributed by atoms with van der Waals surface area (Å²) in [6.07, 6.45) is -1.05. The first-order chi connectivity index (χ1) is 11.8. The van der Waals surface area contributed by atoms with E-state index in [0.717, 1.165) is 16.7 Å². The fraction of sp³-hybridized carbons (Fsp3) is 0.333. The first kappa shape index (κ1) is 19.6. The minimum atomic E-state index is -1.05. The van der Waals surface area contributed by atoms with Gasteiger partial charge in [0.15, 0.2) is 6.10 Å². The van der Waals surface area contributed by atoms with Crippen LogP contribution in [0, 0.1) is 0 Å². The molecule has 1 aliphatic heterocycles. The van der Waals surface area contributed by atoms with Gasteiger partial charge in [-0.3, -0.25) is 19.3 Å². The molecule has 1 saturated heterocycles. The van der Waals surface area contributed by atoms with Crippen molar-refractivity contribution in [3.05, 3.63) is 33.8 Å². The topological polar surface area (TPSA) is 92.8 Å². The summed E-state index contributed by atoms with van der Waals surface area (Å²) in [4.78, 5) is 47.8. The van der Waals surface area contributed by atoms with Crippen molar-refractivity contribution >= 4 is 58.0 Å². The number of benzene rings is 1. The number of thioether (sulfide) groups is 1. The summed E-state index contributed by atoms with van der Waals surface area (Å²) >= 11 is 12.5. The summed E-state index contributed by atoms with van der Waals surface area (Å²) in [6.45, 7) is 1.56. The Balaban J connectivity index is 1.81. The average Bonchev–Trinajstić information content (AvgIpc) is 2.88. The van der Waals surface area contributed by atoms with Gasteiger partial charge in [0.05, 0.1) is 21.4 Å². The molecule has 7 nitrogen and oxygen atoms in total. The predicted molar refractivity (Wildman–Crippen MR) is 93.9 cm³/mol. The largest absolute Gasteiger partial charge is 0.449 e. The number of carbonyl (C=O) groups is 4. The molecule has 1 fully saturated rings. The van der Waals surface area contributed by atoms with E-state index in [2.05, 4.69) is 5.32 Å². The van der Waals surface area contributed by atoms with Crippen LogP contribution in [-0.2, 0) is 14.3 Å². The van der Waals surface area contributed by atoms with Gasteiger partial charge in [0.25, 0.3) is 11.1 Å². The highest BCUT2D eigenvalue weighted by Gasteiger charge is 2.29. The number of halogens is 2. The smallest absolute Gasteiger partial charge is 0.338 e. The highest BCUT2D eigenvalue weighted by atomic mass is 35.5. The maximum Gasteiger partial charge on any atom is 0.338 e. The van der Waals surface area contributed by atoms with Crippen LogP contribution in [-0.4, -0.2) is 52.9 Å². The van der Waals surface area contributed by atoms with Crippen molar-refractivity contribution in [3.8, 4) is 0 Å². The van der Waals surface area contributed by atoms with Crippen LogP contribution in [0.5, 0.6) is 0 Å². The molecule has 0 spiro atoms. The summed E-state index contributed by atoms with van der Waals surface area (Å²) in [7, 11) is 0. The number of nitrogens with zero attached hydrogens (tertiary/aromatic N) is 1. The highest BCUT2D eigenvalue weighted by molar-refractivity contribution is 8.14. The number of carbonyl (C=O) groups excluding carboxylic acids is 4. The van der Waals surface area contributed by atoms with Crippen LogP contribution in [0.15, 0.2) is 18.2 Å². The van der Waals surface area contributed by atoms with Gasteiger partial charge in [0.1, 0.15) is 0 Å². The summed E-state index contributed by atoms with van der Waals surface area (Å²) < 4.78 is 5.05. The summed E-state index contributed by atoms with van der Waals surface area (Å²) in [5, 5.41) is 2.67. The quantitative estimate of drug-likeness (QED) is 0.731. The molecule has 1 atom stereocenters. The lowest BCUT2D eigenvalue weighted by atomic mass is 10.2. The molecule has 25 heavy (non-hydrogen) atoms. The van der Waals surface area contributed by atoms with E-state index in [0.29, 0.717) is 5.02 Å². The van der Waals surface area contributed by atoms with E-state index in [1.807, 2.05) is 0 Å². The third kappa shape index (κ3) is 5.10. The molecular weight excluding hydrogens is 391 g/mol. The lowest BCUT2D eigenvalue weighted by molar-refractivity contribution is -0.130. The van der Waals surface area contributed by atoms with Crippen LogP contribution in [0.4, 0.5) is 4.79 Å². The van der Waals surface area contributed by atoms with Crippen molar-refractivity contribution in [2.75, 3.05) is 18.8 Å². The Morgan fingerprint density at radius 3 is 2.64 bits per heavy atom. The molecular formula is C15H14Cl2N2O5S. The van der Waals surface area contributed by atoms with Crippen LogP contribution < -0.4 is 5.32 Å². The van der Waals surface area contributed by atoms with Gasteiger partial charge in [0, 0.05) is 13.1 Å². The standard InChI is InChI=1S/C15H14Cl2N2O5S/c1-8(24-14(22)9-2-3-10(16)11(17)6-9)13(21)18-4-5-19-12(20)7-25-15(19)23/h2-3,6,8H,4-5,7H2,1H3,(H,18,21)/t8-/m1/s1. The van der Waals surface area contributed by atoms with Crippen LogP contribution in [0.2, 0.25) is 10.0 Å². The third-order valence-electron chi connectivity index (χ3n) is 3.28. The second-order valence-corrected chi connectivity index (χ2v) is 6.81. The molecule has 0 saturated carbocycles. The Bertz CT molecular complexity index is 712. The van der Waals surface area contributed by atoms with E-state index >= 15 is 0 Å². The van der Waals surface area contributed by atoms with Crippen molar-refractivity contribution in [1.29, 1.82) is 0 Å². The molecule has 1 N–H and O–H groups in total. The highest BCUT2D eigenvalue weighted by Crippen LogP contribution is 2.23. The number of hydrogen-bond donors (Lipinski definition) is 1. The van der Waals surface area contributed by atoms with Gasteiger partial charge in [-0.25, -0.2) is 4.79 Å². The molecule has 0 radical (unpaired) electrons. The number of amides is 3. The average molecular weight is 405 g/mol. The summed E-state index contributed by atoms with van der Waals surface area (Å²) in [5.74, 6) is -1.43. The van der Waals surface area contributed by atoms with Crippen LogP contribution in [0.1, 0.15) is 17.3 Å². The summed E-state index contributed by atoms with van der Waals surface area (Å²) in [5.41, 5.74) is 0.166. The Morgan fingerprint density at radius 1 is 1.32 bits per heavy atom. The van der Waals surface area contributed by atoms with Crippen LogP contribution >= 0.6 is 35.0 Å². The molecule has 0 aromatic heterocycles. The molecule has 10 heteroatoms. The maximum atomic E-state index is 12.0. The zero-order valence-corrected chi connectivity index (χ0v) is 15.4. The zero-order chi connectivity index (χ0) is 18.6. The van der Waals surface area contributed by atoms with Gasteiger partial charge in [-0.2, -0.15) is 0 Å². The maximum absolute atomic E-state index is 12.0. The normalized spacial score (nSPS) is 15.2. The molecule has 1 aliphatic rings. The van der Waals surface area contributed by atoms with Gasteiger partial charge in [-0.15, -0.1) is 0 Å². The first-order valence-corrected chi connectivity index (χ1v) is 8.94. The van der Waals surface area contributed by atoms with E-state index in [9.17, 15) is 19.2 Å². The van der Waals surface area contributed by atoms with Crippen molar-refractivity contribution < 1.29 is 23.9 Å². The monoisotopic (exact) mass is 404 g/mol. The van der Waals surface area contributed by atoms with Crippen LogP contribution in [0.25, 0.3) is 0 Å². The minimum absolute atomic E-state index is 0.0733. The third-order valence-corrected chi connectivity index (χ3v) is 4.88. The van der Waals surface area contributed by atoms with Crippen LogP contribution in [0.3, 0.4) is 0 Å². The van der Waals surface area contributed by atoms with Crippen molar-refractivity contribution in [1.82, 2.24) is 10.2 Å². The van der Waals surface area contributed by atoms with E-state index in [1.165, 1.54) is 25.1 Å². The molecule has 3 amide bonds. The van der Waals surface area contributed by atoms with Gasteiger partial charge in [0.2, 0.25) is 5.91 Å². The molecule has 1 heterocycles. The Labute approximate surface area is 158 Å². The number of rotatable bonds is 6. The minimum Gasteiger partial charge on any atom is -0.449 e. The van der Waals surface area contributed by atoms with Crippen molar-refractivity contribution in [2.24, 2.45) is 0 Å². The lowest BCUT2D eigenvalue weighted by Gasteiger charge is -2.16. The van der Waals surface area contributed by atoms with Gasteiger partial charge in [-0.1, -0.05) is 35.0 Å². The van der Waals surface area contributed by atoms with E-state index in [4.69, 9.17) is 27.9 Å². The Hall–Kier alpha value is -1.77. The van der Waals surface area contributed by atoms with E-state index in [1.54, 1.807) is 0 Å². The Kier molecular flexibility index (Phi) is 6.69. The predicted octanol–water partition coefficient (Wildman–Crippen LogP) is 2.35. The van der Waals surface area contributed by atoms with Gasteiger partial charge < -0.3 is 10.1 Å². The molecule has 1 aromatic rings. The van der Waals surface area contributed by atoms with Crippen molar-refractivity contribution in [3.63, 3.8) is 0 Å². The SMILES string of the molecule is C[C@@H](OC(=O)c1ccc(Cl)c(Cl)c1)C(=O)NCCN1C(=O)CSC1=O. The second kappa shape index (κ2) is 8.55. The van der Waals surface area contributed by atoms with Gasteiger partial charge in [-0.05, 0) is 25.1 Å². The van der Waals surface area contributed by atoms with Gasteiger partial charge >= 0.3 is 5.97 Å². The molecule has 0 bridgehead atoms. The number of esters is 1. The fourth-order valence-corrected chi connectivity index (χ4v) is 2.99. The van der Waals surface area contributed by atoms with E-state index < -0.39 is 18.0 Å². The first-order valence-electron chi connectivity index (χ1n) is 7.20. The lowest BCUT2D eigenvalue weighted by Crippen LogP contribution is -2.41. The fourth-order valence-electron chi connectivity index (χ4n) is 1.94. The Morgan fingerprint density at radius 2 is 2.04 bits per heavy atom. The molecule has 2 rings (SSSR count). The van der Waals surface area contributed by atoms with E-state index in [-0.39, 0.29) is 40.6 Å². The zero-order valence-electron chi connectivity index (χ0n) is 13.1. The number of hydrogen-bond acceptors (Lipinski definition) is 6. The number of imide groups is 1. The number of nitrogens with one attached hydrogen (secondary N) is 1. The molecule has 0 unspecified atom stereocenters. The second-order valence-electron chi connectivity index (χ2n) is 5.07. The molecule has 1 aromatic carbocycles. The molecule has 134 valence electrons.